The Morgan fingerprint density at radius 3 is 1.41 bits per heavy atom. The molecule has 7 aliphatic rings. The van der Waals surface area contributed by atoms with E-state index in [0.29, 0.717) is 23.7 Å². The fraction of sp³-hybridized carbons (Fsp3) is 0.236. The van der Waals surface area contributed by atoms with Crippen LogP contribution in [0.3, 0.4) is 0 Å². The molecule has 0 amide bonds. The first-order chi connectivity index (χ1) is 27.8. The zero-order chi connectivity index (χ0) is 36.8. The lowest BCUT2D eigenvalue weighted by Crippen LogP contribution is -2.31. The van der Waals surface area contributed by atoms with Gasteiger partial charge in [0.25, 0.3) is 0 Å². The zero-order valence-corrected chi connectivity index (χ0v) is 32.0. The number of anilines is 3. The SMILES string of the molecule is c1ccc(-c2ccccc2N(c2ccc(C3(c4ccccc4)c4ccccc4-c4ccccc43)cc2)c2c3c(cc4c2C2CCC4CC2)C2CCC3CC2)cc1. The van der Waals surface area contributed by atoms with Crippen LogP contribution in [0.25, 0.3) is 22.3 Å². The van der Waals surface area contributed by atoms with Crippen LogP contribution in [-0.2, 0) is 5.41 Å². The zero-order valence-electron chi connectivity index (χ0n) is 32.0. The van der Waals surface area contributed by atoms with Crippen molar-refractivity contribution in [1.82, 2.24) is 0 Å². The topological polar surface area (TPSA) is 3.24 Å². The molecule has 14 rings (SSSR count). The first-order valence-corrected chi connectivity index (χ1v) is 21.3. The minimum absolute atomic E-state index is 0.414. The number of fused-ring (bicyclic) bond motifs is 7. The average molecular weight is 722 g/mol. The van der Waals surface area contributed by atoms with E-state index in [1.165, 1.54) is 107 Å². The van der Waals surface area contributed by atoms with Crippen molar-refractivity contribution >= 4 is 17.1 Å². The van der Waals surface area contributed by atoms with Gasteiger partial charge in [-0.25, -0.2) is 0 Å². The fourth-order valence-electron chi connectivity index (χ4n) is 12.4. The second-order valence-electron chi connectivity index (χ2n) is 17.3. The van der Waals surface area contributed by atoms with Crippen molar-refractivity contribution in [2.24, 2.45) is 0 Å². The molecule has 0 aliphatic heterocycles. The van der Waals surface area contributed by atoms with Crippen LogP contribution >= 0.6 is 0 Å². The van der Waals surface area contributed by atoms with Crippen molar-refractivity contribution in [2.75, 3.05) is 4.90 Å². The van der Waals surface area contributed by atoms with Gasteiger partial charge in [-0.2, -0.15) is 0 Å². The van der Waals surface area contributed by atoms with Gasteiger partial charge in [-0.3, -0.25) is 0 Å². The number of rotatable bonds is 6. The molecule has 0 unspecified atom stereocenters. The van der Waals surface area contributed by atoms with Gasteiger partial charge < -0.3 is 4.90 Å². The van der Waals surface area contributed by atoms with Crippen LogP contribution in [0.5, 0.6) is 0 Å². The Hall–Kier alpha value is -5.66. The number of nitrogens with zero attached hydrogens (tertiary/aromatic N) is 1. The van der Waals surface area contributed by atoms with Gasteiger partial charge in [0.05, 0.1) is 16.8 Å². The summed E-state index contributed by atoms with van der Waals surface area (Å²) in [6, 6.07) is 62.4. The maximum Gasteiger partial charge on any atom is 0.0713 e. The van der Waals surface area contributed by atoms with Crippen molar-refractivity contribution < 1.29 is 0 Å². The summed E-state index contributed by atoms with van der Waals surface area (Å²) in [7, 11) is 0. The molecule has 0 spiro atoms. The van der Waals surface area contributed by atoms with Crippen LogP contribution in [0.1, 0.15) is 120 Å². The van der Waals surface area contributed by atoms with Gasteiger partial charge in [0.1, 0.15) is 0 Å². The fourth-order valence-corrected chi connectivity index (χ4v) is 12.4. The second kappa shape index (κ2) is 12.7. The van der Waals surface area contributed by atoms with Gasteiger partial charge in [0.15, 0.2) is 0 Å². The molecule has 0 N–H and O–H groups in total. The molecule has 0 saturated heterocycles. The maximum absolute atomic E-state index is 2.76. The van der Waals surface area contributed by atoms with Gasteiger partial charge in [0.2, 0.25) is 0 Å². The number of hydrogen-bond donors (Lipinski definition) is 0. The van der Waals surface area contributed by atoms with Crippen LogP contribution in [-0.4, -0.2) is 0 Å². The number of para-hydroxylation sites is 1. The van der Waals surface area contributed by atoms with E-state index in [-0.39, 0.29) is 0 Å². The Kier molecular flexibility index (Phi) is 7.38. The van der Waals surface area contributed by atoms with E-state index >= 15 is 0 Å². The molecular formula is C55H47N. The summed E-state index contributed by atoms with van der Waals surface area (Å²) in [4.78, 5) is 2.76. The summed E-state index contributed by atoms with van der Waals surface area (Å²) in [5.74, 6) is 2.66. The molecule has 7 aromatic rings. The second-order valence-corrected chi connectivity index (χ2v) is 17.3. The summed E-state index contributed by atoms with van der Waals surface area (Å²) in [5.41, 5.74) is 21.0. The molecule has 0 heterocycles. The molecule has 0 aromatic heterocycles. The summed E-state index contributed by atoms with van der Waals surface area (Å²) >= 11 is 0. The van der Waals surface area contributed by atoms with E-state index in [1.54, 1.807) is 27.9 Å². The van der Waals surface area contributed by atoms with E-state index in [1.807, 2.05) is 0 Å². The highest BCUT2D eigenvalue weighted by atomic mass is 15.2. The molecule has 4 bridgehead atoms. The van der Waals surface area contributed by atoms with Crippen molar-refractivity contribution in [3.63, 3.8) is 0 Å². The first-order valence-electron chi connectivity index (χ1n) is 21.3. The summed E-state index contributed by atoms with van der Waals surface area (Å²) < 4.78 is 0. The molecule has 2 fully saturated rings. The Bertz CT molecular complexity index is 2510. The molecule has 1 nitrogen and oxygen atoms in total. The predicted octanol–water partition coefficient (Wildman–Crippen LogP) is 14.7. The smallest absolute Gasteiger partial charge is 0.0713 e. The lowest BCUT2D eigenvalue weighted by Gasteiger charge is -2.48. The van der Waals surface area contributed by atoms with Crippen molar-refractivity contribution in [2.45, 2.75) is 80.5 Å². The minimum Gasteiger partial charge on any atom is -0.309 e. The van der Waals surface area contributed by atoms with Crippen LogP contribution in [0.4, 0.5) is 17.1 Å². The highest BCUT2D eigenvalue weighted by Crippen LogP contribution is 2.62. The molecule has 0 atom stereocenters. The Morgan fingerprint density at radius 1 is 0.393 bits per heavy atom. The van der Waals surface area contributed by atoms with Gasteiger partial charge in [-0.15, -0.1) is 0 Å². The summed E-state index contributed by atoms with van der Waals surface area (Å²) in [5, 5.41) is 0. The lowest BCUT2D eigenvalue weighted by atomic mass is 9.60. The molecular weight excluding hydrogens is 675 g/mol. The van der Waals surface area contributed by atoms with E-state index in [9.17, 15) is 0 Å². The van der Waals surface area contributed by atoms with E-state index in [0.717, 1.165) is 0 Å². The molecule has 2 saturated carbocycles. The van der Waals surface area contributed by atoms with Crippen molar-refractivity contribution in [1.29, 1.82) is 0 Å². The van der Waals surface area contributed by atoms with E-state index in [4.69, 9.17) is 0 Å². The van der Waals surface area contributed by atoms with Crippen molar-refractivity contribution in [3.05, 3.63) is 208 Å². The maximum atomic E-state index is 2.76. The quantitative estimate of drug-likeness (QED) is 0.165. The largest absolute Gasteiger partial charge is 0.309 e. The van der Waals surface area contributed by atoms with E-state index in [2.05, 4.69) is 169 Å². The highest BCUT2D eigenvalue weighted by Gasteiger charge is 2.47. The Balaban J connectivity index is 1.13. The third kappa shape index (κ3) is 4.61. The summed E-state index contributed by atoms with van der Waals surface area (Å²) in [6.45, 7) is 0. The Labute approximate surface area is 331 Å². The normalized spacial score (nSPS) is 21.9. The van der Waals surface area contributed by atoms with Gasteiger partial charge in [-0.1, -0.05) is 146 Å². The van der Waals surface area contributed by atoms with Gasteiger partial charge in [0, 0.05) is 11.3 Å². The Morgan fingerprint density at radius 2 is 0.839 bits per heavy atom. The van der Waals surface area contributed by atoms with E-state index < -0.39 is 5.41 Å². The molecule has 1 heteroatoms. The molecule has 272 valence electrons. The number of benzene rings is 7. The third-order valence-corrected chi connectivity index (χ3v) is 14.8. The van der Waals surface area contributed by atoms with Crippen LogP contribution < -0.4 is 4.90 Å². The summed E-state index contributed by atoms with van der Waals surface area (Å²) in [6.07, 6.45) is 10.7. The molecule has 7 aliphatic carbocycles. The minimum atomic E-state index is -0.414. The standard InChI is InChI=1S/C55H47N/c1-3-13-36(14-4-1)44-17-9-12-22-51(44)56(54-52-39-27-23-37(24-28-39)47(52)35-48-38-25-29-40(30-26-38)53(48)54)43-33-31-42(32-34-43)55(41-15-5-2-6-16-41)49-20-10-7-18-45(49)46-19-8-11-21-50(46)55/h1-22,31-35,37-40H,23-30H2. The highest BCUT2D eigenvalue weighted by molar-refractivity contribution is 5.92. The van der Waals surface area contributed by atoms with Crippen LogP contribution in [0, 0.1) is 0 Å². The first kappa shape index (κ1) is 32.6. The van der Waals surface area contributed by atoms with Crippen LogP contribution in [0.15, 0.2) is 164 Å². The average Bonchev–Trinajstić information content (AvgIpc) is 3.59. The van der Waals surface area contributed by atoms with Gasteiger partial charge >= 0.3 is 0 Å². The third-order valence-electron chi connectivity index (χ3n) is 14.8. The van der Waals surface area contributed by atoms with Crippen LogP contribution in [0.2, 0.25) is 0 Å². The lowest BCUT2D eigenvalue weighted by molar-refractivity contribution is 0.342. The van der Waals surface area contributed by atoms with Gasteiger partial charge in [-0.05, 0) is 154 Å². The molecule has 0 radical (unpaired) electrons. The molecule has 7 aromatic carbocycles. The monoisotopic (exact) mass is 721 g/mol. The predicted molar refractivity (Wildman–Crippen MR) is 232 cm³/mol. The van der Waals surface area contributed by atoms with Crippen molar-refractivity contribution in [3.8, 4) is 22.3 Å². The number of hydrogen-bond acceptors (Lipinski definition) is 1. The molecule has 56 heavy (non-hydrogen) atoms.